The first-order chi connectivity index (χ1) is 20.0. The van der Waals surface area contributed by atoms with Crippen molar-refractivity contribution < 1.29 is 28.6 Å². The highest BCUT2D eigenvalue weighted by Crippen LogP contribution is 2.29. The largest absolute Gasteiger partial charge is 0.497 e. The molecule has 0 spiro atoms. The smallest absolute Gasteiger partial charge is 0.258 e. The molecular formula is C30H32N4O6S. The van der Waals surface area contributed by atoms with Crippen LogP contribution in [0.3, 0.4) is 0 Å². The van der Waals surface area contributed by atoms with Gasteiger partial charge >= 0.3 is 0 Å². The van der Waals surface area contributed by atoms with Crippen LogP contribution in [-0.4, -0.2) is 74.7 Å². The zero-order valence-corrected chi connectivity index (χ0v) is 23.5. The number of benzene rings is 2. The van der Waals surface area contributed by atoms with E-state index in [0.29, 0.717) is 29.9 Å². The molecule has 1 saturated carbocycles. The molecule has 0 radical (unpaired) electrons. The second-order valence-electron chi connectivity index (χ2n) is 9.80. The van der Waals surface area contributed by atoms with Gasteiger partial charge in [-0.3, -0.25) is 14.4 Å². The van der Waals surface area contributed by atoms with Crippen LogP contribution in [-0.2, 0) is 14.3 Å². The van der Waals surface area contributed by atoms with E-state index in [-0.39, 0.29) is 36.3 Å². The fourth-order valence-electron chi connectivity index (χ4n) is 4.54. The van der Waals surface area contributed by atoms with E-state index in [9.17, 15) is 14.4 Å². The van der Waals surface area contributed by atoms with Crippen LogP contribution >= 0.6 is 11.3 Å². The molecule has 3 aromatic rings. The molecule has 5 rings (SSSR count). The van der Waals surface area contributed by atoms with Gasteiger partial charge in [-0.25, -0.2) is 4.98 Å². The highest BCUT2D eigenvalue weighted by atomic mass is 32.1. The van der Waals surface area contributed by atoms with Gasteiger partial charge < -0.3 is 29.7 Å². The number of hydrogen-bond acceptors (Lipinski definition) is 9. The molecule has 1 aliphatic heterocycles. The maximum absolute atomic E-state index is 12.3. The molecular weight excluding hydrogens is 544 g/mol. The summed E-state index contributed by atoms with van der Waals surface area (Å²) in [5.41, 5.74) is 2.36. The second kappa shape index (κ2) is 13.4. The van der Waals surface area contributed by atoms with Gasteiger partial charge in [-0.1, -0.05) is 0 Å². The summed E-state index contributed by atoms with van der Waals surface area (Å²) in [6.07, 6.45) is 3.71. The average Bonchev–Trinajstić information content (AvgIpc) is 3.49. The number of nitrogens with zero attached hydrogens (tertiary/aromatic N) is 2. The number of methoxy groups -OCH3 is 1. The maximum Gasteiger partial charge on any atom is 0.258 e. The molecule has 1 saturated heterocycles. The highest BCUT2D eigenvalue weighted by Gasteiger charge is 2.31. The minimum absolute atomic E-state index is 0.0333. The molecule has 2 amide bonds. The average molecular weight is 577 g/mol. The fraction of sp³-hybridized carbons (Fsp3) is 0.333. The Kier molecular flexibility index (Phi) is 9.27. The highest BCUT2D eigenvalue weighted by molar-refractivity contribution is 7.14. The molecule has 1 aliphatic carbocycles. The van der Waals surface area contributed by atoms with E-state index in [2.05, 4.69) is 15.5 Å². The first kappa shape index (κ1) is 28.3. The zero-order valence-electron chi connectivity index (χ0n) is 22.7. The number of hydrogen-bond donors (Lipinski definition) is 2. The Morgan fingerprint density at radius 1 is 0.976 bits per heavy atom. The van der Waals surface area contributed by atoms with Gasteiger partial charge in [0.25, 0.3) is 5.91 Å². The predicted octanol–water partition coefficient (Wildman–Crippen LogP) is 3.24. The molecule has 0 atom stereocenters. The Morgan fingerprint density at radius 3 is 2.37 bits per heavy atom. The topological polar surface area (TPSA) is 119 Å². The van der Waals surface area contributed by atoms with Gasteiger partial charge in [0.15, 0.2) is 17.5 Å². The van der Waals surface area contributed by atoms with E-state index in [1.54, 1.807) is 42.7 Å². The number of amides is 2. The van der Waals surface area contributed by atoms with Crippen molar-refractivity contribution in [3.8, 4) is 22.8 Å². The third-order valence-electron chi connectivity index (χ3n) is 6.90. The molecule has 2 N–H and O–H groups in total. The number of ether oxygens (including phenoxy) is 3. The van der Waals surface area contributed by atoms with E-state index >= 15 is 0 Å². The molecule has 1 aromatic heterocycles. The van der Waals surface area contributed by atoms with E-state index in [1.165, 1.54) is 12.2 Å². The summed E-state index contributed by atoms with van der Waals surface area (Å²) in [6, 6.07) is 14.1. The van der Waals surface area contributed by atoms with E-state index < -0.39 is 0 Å². The molecule has 41 heavy (non-hydrogen) atoms. The third kappa shape index (κ3) is 7.71. The van der Waals surface area contributed by atoms with Crippen molar-refractivity contribution in [1.29, 1.82) is 0 Å². The lowest BCUT2D eigenvalue weighted by molar-refractivity contribution is -0.124. The molecule has 2 aliphatic rings. The Hall–Kier alpha value is -4.22. The SMILES string of the molecule is COc1ccc(C(=O)/C=C/C(=O)NC2CC(NC(=O)COc3ccc(-c4csc(N5CCOCC5)n4)cc3)C2)cc1. The van der Waals surface area contributed by atoms with Crippen molar-refractivity contribution in [3.05, 3.63) is 71.6 Å². The number of morpholine rings is 1. The van der Waals surface area contributed by atoms with Crippen molar-refractivity contribution >= 4 is 34.1 Å². The van der Waals surface area contributed by atoms with Gasteiger partial charge in [-0.2, -0.15) is 0 Å². The normalized spacial score (nSPS) is 18.4. The number of aromatic nitrogens is 1. The number of ketones is 1. The number of rotatable bonds is 11. The first-order valence-electron chi connectivity index (χ1n) is 13.4. The summed E-state index contributed by atoms with van der Waals surface area (Å²) in [7, 11) is 1.55. The standard InChI is InChI=1S/C30H32N4O6S/c1-38-24-6-4-21(5-7-24)27(35)10-11-28(36)31-22-16-23(17-22)32-29(37)18-40-25-8-2-20(3-9-25)26-19-41-30(33-26)34-12-14-39-15-13-34/h2-11,19,22-23H,12-18H2,1H3,(H,31,36)(H,32,37)/b11-10+. The number of carbonyl (C=O) groups is 3. The Morgan fingerprint density at radius 2 is 1.66 bits per heavy atom. The molecule has 11 heteroatoms. The van der Waals surface area contributed by atoms with Crippen molar-refractivity contribution in [2.75, 3.05) is 44.9 Å². The van der Waals surface area contributed by atoms with Crippen LogP contribution in [0.5, 0.6) is 11.5 Å². The van der Waals surface area contributed by atoms with Crippen LogP contribution < -0.4 is 25.0 Å². The lowest BCUT2D eigenvalue weighted by Crippen LogP contribution is -2.54. The zero-order chi connectivity index (χ0) is 28.6. The monoisotopic (exact) mass is 576 g/mol. The molecule has 2 aromatic carbocycles. The van der Waals surface area contributed by atoms with Crippen LogP contribution in [0.2, 0.25) is 0 Å². The van der Waals surface area contributed by atoms with E-state index in [1.807, 2.05) is 29.6 Å². The molecule has 0 bridgehead atoms. The summed E-state index contributed by atoms with van der Waals surface area (Å²) in [5.74, 6) is 0.424. The van der Waals surface area contributed by atoms with Crippen LogP contribution in [0.4, 0.5) is 5.13 Å². The number of carbonyl (C=O) groups excluding carboxylic acids is 3. The summed E-state index contributed by atoms with van der Waals surface area (Å²) >= 11 is 1.62. The van der Waals surface area contributed by atoms with E-state index in [0.717, 1.165) is 42.7 Å². The lowest BCUT2D eigenvalue weighted by atomic mass is 9.86. The Balaban J connectivity index is 0.989. The Bertz CT molecular complexity index is 1380. The quantitative estimate of drug-likeness (QED) is 0.264. The summed E-state index contributed by atoms with van der Waals surface area (Å²) < 4.78 is 16.1. The minimum atomic E-state index is -0.344. The van der Waals surface area contributed by atoms with Crippen LogP contribution in [0.25, 0.3) is 11.3 Å². The van der Waals surface area contributed by atoms with Crippen LogP contribution in [0, 0.1) is 0 Å². The van der Waals surface area contributed by atoms with Gasteiger partial charge in [0.2, 0.25) is 5.91 Å². The summed E-state index contributed by atoms with van der Waals surface area (Å²) in [4.78, 5) is 43.7. The van der Waals surface area contributed by atoms with E-state index in [4.69, 9.17) is 19.2 Å². The van der Waals surface area contributed by atoms with Gasteiger partial charge in [0.1, 0.15) is 11.5 Å². The number of allylic oxidation sites excluding steroid dienone is 1. The molecule has 2 fully saturated rings. The van der Waals surface area contributed by atoms with Crippen molar-refractivity contribution in [1.82, 2.24) is 15.6 Å². The van der Waals surface area contributed by atoms with Crippen molar-refractivity contribution in [2.24, 2.45) is 0 Å². The number of anilines is 1. The number of nitrogens with one attached hydrogen (secondary N) is 2. The predicted molar refractivity (Wildman–Crippen MR) is 156 cm³/mol. The lowest BCUT2D eigenvalue weighted by Gasteiger charge is -2.36. The Labute approximate surface area is 242 Å². The van der Waals surface area contributed by atoms with Gasteiger partial charge in [-0.05, 0) is 67.4 Å². The van der Waals surface area contributed by atoms with Crippen LogP contribution in [0.1, 0.15) is 23.2 Å². The van der Waals surface area contributed by atoms with Gasteiger partial charge in [-0.15, -0.1) is 11.3 Å². The first-order valence-corrected chi connectivity index (χ1v) is 14.3. The van der Waals surface area contributed by atoms with Crippen LogP contribution in [0.15, 0.2) is 66.1 Å². The summed E-state index contributed by atoms with van der Waals surface area (Å²) in [6.45, 7) is 3.05. The fourth-order valence-corrected chi connectivity index (χ4v) is 5.43. The molecule has 10 nitrogen and oxygen atoms in total. The van der Waals surface area contributed by atoms with Gasteiger partial charge in [0.05, 0.1) is 26.0 Å². The second-order valence-corrected chi connectivity index (χ2v) is 10.6. The van der Waals surface area contributed by atoms with Crippen molar-refractivity contribution in [3.63, 3.8) is 0 Å². The summed E-state index contributed by atoms with van der Waals surface area (Å²) in [5, 5.41) is 8.81. The maximum atomic E-state index is 12.3. The minimum Gasteiger partial charge on any atom is -0.497 e. The molecule has 0 unspecified atom stereocenters. The number of thiazole rings is 1. The molecule has 214 valence electrons. The third-order valence-corrected chi connectivity index (χ3v) is 7.81. The van der Waals surface area contributed by atoms with Gasteiger partial charge in [0, 0.05) is 47.8 Å². The molecule has 2 heterocycles. The van der Waals surface area contributed by atoms with Crippen molar-refractivity contribution in [2.45, 2.75) is 24.9 Å².